The van der Waals surface area contributed by atoms with Gasteiger partial charge in [-0.05, 0) is 70.6 Å². The summed E-state index contributed by atoms with van der Waals surface area (Å²) in [6.07, 6.45) is 49.9. The topological polar surface area (TPSA) is 175 Å². The Hall–Kier alpha value is -2.80. The summed E-state index contributed by atoms with van der Waals surface area (Å²) < 4.78 is 28.5. The lowest BCUT2D eigenvalue weighted by atomic mass is 9.98. The summed E-state index contributed by atoms with van der Waals surface area (Å²) in [6, 6.07) is 0. The largest absolute Gasteiger partial charge is 0.479 e. The molecule has 0 bridgehead atoms. The monoisotopic (exact) mass is 1090 g/mol. The van der Waals surface area contributed by atoms with Crippen LogP contribution < -0.4 is 0 Å². The Morgan fingerprint density at radius 3 is 1.12 bits per heavy atom. The predicted octanol–water partition coefficient (Wildman–Crippen LogP) is 17.0. The maximum atomic E-state index is 13.2. The van der Waals surface area contributed by atoms with E-state index in [4.69, 9.17) is 23.7 Å². The van der Waals surface area contributed by atoms with Crippen LogP contribution in [0.25, 0.3) is 0 Å². The Kier molecular flexibility index (Phi) is 50.5. The fourth-order valence-electron chi connectivity index (χ4n) is 10.0. The van der Waals surface area contributed by atoms with Gasteiger partial charge >= 0.3 is 23.9 Å². The molecular formula is C65H118O12. The first-order valence-corrected chi connectivity index (χ1v) is 32.3. The number of carboxylic acid groups (broad SMARTS) is 1. The first-order valence-electron chi connectivity index (χ1n) is 32.3. The van der Waals surface area contributed by atoms with Gasteiger partial charge in [0, 0.05) is 19.3 Å². The summed E-state index contributed by atoms with van der Waals surface area (Å²) in [7, 11) is 0. The zero-order valence-electron chi connectivity index (χ0n) is 49.7. The Bertz CT molecular complexity index is 1430. The van der Waals surface area contributed by atoms with Crippen LogP contribution in [0.3, 0.4) is 0 Å². The molecule has 0 spiro atoms. The fourth-order valence-corrected chi connectivity index (χ4v) is 10.0. The molecule has 12 heteroatoms. The lowest BCUT2D eigenvalue weighted by Crippen LogP contribution is -2.61. The molecular weight excluding hydrogens is 973 g/mol. The molecule has 1 heterocycles. The highest BCUT2D eigenvalue weighted by molar-refractivity contribution is 5.74. The molecule has 0 saturated carbocycles. The van der Waals surface area contributed by atoms with E-state index >= 15 is 0 Å². The minimum atomic E-state index is -1.90. The number of allylic oxidation sites excluding steroid dienone is 4. The quantitative estimate of drug-likeness (QED) is 0.0228. The van der Waals surface area contributed by atoms with Crippen molar-refractivity contribution in [1.29, 1.82) is 0 Å². The second-order valence-corrected chi connectivity index (χ2v) is 22.4. The van der Waals surface area contributed by atoms with Crippen molar-refractivity contribution in [2.75, 3.05) is 13.2 Å². The molecule has 77 heavy (non-hydrogen) atoms. The van der Waals surface area contributed by atoms with Crippen LogP contribution in [0.5, 0.6) is 0 Å². The van der Waals surface area contributed by atoms with Gasteiger partial charge in [-0.15, -0.1) is 0 Å². The van der Waals surface area contributed by atoms with Crippen molar-refractivity contribution in [2.45, 2.75) is 353 Å². The summed E-state index contributed by atoms with van der Waals surface area (Å²) in [6.45, 7) is 6.01. The molecule has 1 aliphatic rings. The average molecular weight is 1090 g/mol. The summed E-state index contributed by atoms with van der Waals surface area (Å²) in [5.41, 5.74) is 0. The molecule has 0 aromatic rings. The number of ether oxygens (including phenoxy) is 5. The number of carbonyl (C=O) groups is 4. The highest BCUT2D eigenvalue weighted by atomic mass is 16.7. The summed E-state index contributed by atoms with van der Waals surface area (Å²) in [4.78, 5) is 51.2. The van der Waals surface area contributed by atoms with Crippen molar-refractivity contribution in [3.63, 3.8) is 0 Å². The zero-order valence-corrected chi connectivity index (χ0v) is 49.7. The van der Waals surface area contributed by atoms with Gasteiger partial charge in [0.15, 0.2) is 24.6 Å². The van der Waals surface area contributed by atoms with Crippen molar-refractivity contribution < 1.29 is 58.2 Å². The molecule has 0 amide bonds. The Balaban J connectivity index is 2.63. The number of aliphatic carboxylic acids is 1. The van der Waals surface area contributed by atoms with Crippen LogP contribution in [0, 0.1) is 0 Å². The number of unbranched alkanes of at least 4 members (excludes halogenated alkanes) is 38. The van der Waals surface area contributed by atoms with Gasteiger partial charge in [-0.25, -0.2) is 4.79 Å². The van der Waals surface area contributed by atoms with Crippen molar-refractivity contribution in [3.05, 3.63) is 24.3 Å². The van der Waals surface area contributed by atoms with Gasteiger partial charge in [0.1, 0.15) is 18.8 Å². The smallest absolute Gasteiger partial charge is 0.335 e. The molecule has 6 unspecified atom stereocenters. The van der Waals surface area contributed by atoms with Crippen molar-refractivity contribution in [2.24, 2.45) is 0 Å². The third-order valence-corrected chi connectivity index (χ3v) is 15.0. The zero-order chi connectivity index (χ0) is 56.1. The van der Waals surface area contributed by atoms with Crippen LogP contribution in [0.2, 0.25) is 0 Å². The van der Waals surface area contributed by atoms with Crippen LogP contribution in [-0.2, 0) is 42.9 Å². The van der Waals surface area contributed by atoms with E-state index in [1.807, 2.05) is 0 Å². The maximum Gasteiger partial charge on any atom is 0.335 e. The van der Waals surface area contributed by atoms with Crippen molar-refractivity contribution in [3.8, 4) is 0 Å². The van der Waals surface area contributed by atoms with Crippen LogP contribution in [0.1, 0.15) is 316 Å². The number of esters is 3. The number of carboxylic acids is 1. The molecule has 12 nitrogen and oxygen atoms in total. The third kappa shape index (κ3) is 43.7. The van der Waals surface area contributed by atoms with Gasteiger partial charge in [0.25, 0.3) is 0 Å². The van der Waals surface area contributed by atoms with E-state index in [1.165, 1.54) is 167 Å². The summed E-state index contributed by atoms with van der Waals surface area (Å²) in [5, 5.41) is 31.6. The normalized spacial score (nSPS) is 18.1. The molecule has 1 saturated heterocycles. The molecule has 6 atom stereocenters. The van der Waals surface area contributed by atoms with Crippen LogP contribution >= 0.6 is 0 Å². The van der Waals surface area contributed by atoms with E-state index in [-0.39, 0.29) is 25.9 Å². The van der Waals surface area contributed by atoms with Crippen molar-refractivity contribution in [1.82, 2.24) is 0 Å². The second kappa shape index (κ2) is 53.8. The second-order valence-electron chi connectivity index (χ2n) is 22.4. The average Bonchev–Trinajstić information content (AvgIpc) is 3.42. The maximum absolute atomic E-state index is 13.2. The van der Waals surface area contributed by atoms with Crippen LogP contribution in [0.15, 0.2) is 24.3 Å². The Morgan fingerprint density at radius 1 is 0.416 bits per heavy atom. The number of aliphatic hydroxyl groups excluding tert-OH is 2. The van der Waals surface area contributed by atoms with Crippen molar-refractivity contribution >= 4 is 23.9 Å². The van der Waals surface area contributed by atoms with Crippen LogP contribution in [-0.4, -0.2) is 89.2 Å². The van der Waals surface area contributed by atoms with Gasteiger partial charge in [0.2, 0.25) is 0 Å². The van der Waals surface area contributed by atoms with E-state index in [2.05, 4.69) is 45.1 Å². The third-order valence-electron chi connectivity index (χ3n) is 15.0. The van der Waals surface area contributed by atoms with Gasteiger partial charge in [-0.3, -0.25) is 14.4 Å². The standard InChI is InChI=1S/C65H118O12/c1-4-7-10-13-16-19-22-25-27-28-29-30-32-35-38-41-44-47-50-53-59(68)76-63-61(70)60(69)62(64(71)72)77-65(63)74-55-56(75-58(67)52-49-46-43-40-37-33-24-21-18-15-12-9-6-3)54-73-57(66)51-48-45-42-39-36-34-31-26-23-20-17-14-11-8-5-2/h21,24-25,27,56,60-63,65,69-70H,4-20,22-23,26,28-55H2,1-3H3,(H,71,72)/b24-21-,27-25-. The van der Waals surface area contributed by atoms with Gasteiger partial charge in [-0.2, -0.15) is 0 Å². The van der Waals surface area contributed by atoms with E-state index in [1.54, 1.807) is 0 Å². The lowest BCUT2D eigenvalue weighted by molar-refractivity contribution is -0.301. The first-order chi connectivity index (χ1) is 37.6. The molecule has 3 N–H and O–H groups in total. The van der Waals surface area contributed by atoms with E-state index in [9.17, 15) is 34.5 Å². The predicted molar refractivity (Wildman–Crippen MR) is 313 cm³/mol. The van der Waals surface area contributed by atoms with E-state index in [0.717, 1.165) is 89.9 Å². The molecule has 0 aliphatic carbocycles. The van der Waals surface area contributed by atoms with Crippen LogP contribution in [0.4, 0.5) is 0 Å². The Labute approximate surface area is 470 Å². The SMILES string of the molecule is CCCCCC/C=C\CCCCCCCC(=O)OC(COC(=O)CCCCCCCCCCCCCCCCC)COC1OC(C(=O)O)C(O)C(O)C1OC(=O)CCCCCCCCCCC/C=C\CCCCCCCC. The van der Waals surface area contributed by atoms with E-state index < -0.39 is 67.3 Å². The number of rotatable bonds is 56. The number of hydrogen-bond donors (Lipinski definition) is 3. The van der Waals surface area contributed by atoms with Gasteiger partial charge in [-0.1, -0.05) is 251 Å². The van der Waals surface area contributed by atoms with Gasteiger partial charge in [0.05, 0.1) is 6.61 Å². The first kappa shape index (κ1) is 72.2. The minimum Gasteiger partial charge on any atom is -0.479 e. The van der Waals surface area contributed by atoms with Gasteiger partial charge < -0.3 is 39.0 Å². The van der Waals surface area contributed by atoms with E-state index in [0.29, 0.717) is 19.3 Å². The molecule has 0 aromatic heterocycles. The fraction of sp³-hybridized carbons (Fsp3) is 0.877. The minimum absolute atomic E-state index is 0.0621. The summed E-state index contributed by atoms with van der Waals surface area (Å²) in [5.74, 6) is -3.10. The number of hydrogen-bond acceptors (Lipinski definition) is 11. The molecule has 0 radical (unpaired) electrons. The Morgan fingerprint density at radius 2 is 0.740 bits per heavy atom. The highest BCUT2D eigenvalue weighted by Crippen LogP contribution is 2.27. The number of carbonyl (C=O) groups excluding carboxylic acids is 3. The molecule has 0 aromatic carbocycles. The lowest BCUT2D eigenvalue weighted by Gasteiger charge is -2.40. The molecule has 450 valence electrons. The molecule has 1 rings (SSSR count). The number of aliphatic hydroxyl groups is 2. The molecule has 1 fully saturated rings. The summed E-state index contributed by atoms with van der Waals surface area (Å²) >= 11 is 0. The highest BCUT2D eigenvalue weighted by Gasteiger charge is 2.50. The molecule has 1 aliphatic heterocycles.